The molecule has 6 heterocycles. The highest BCUT2D eigenvalue weighted by atomic mass is 35.5. The highest BCUT2D eigenvalue weighted by molar-refractivity contribution is 6.32. The topological polar surface area (TPSA) is 138 Å². The molecule has 3 aromatic rings. The van der Waals surface area contributed by atoms with Crippen LogP contribution in [0.15, 0.2) is 54.6 Å². The molecule has 2 N–H and O–H groups in total. The zero-order valence-corrected chi connectivity index (χ0v) is 33.0. The van der Waals surface area contributed by atoms with Gasteiger partial charge in [-0.1, -0.05) is 23.7 Å². The van der Waals surface area contributed by atoms with Gasteiger partial charge in [0.2, 0.25) is 11.8 Å². The second kappa shape index (κ2) is 16.4. The van der Waals surface area contributed by atoms with Crippen molar-refractivity contribution in [2.24, 2.45) is 11.3 Å². The number of imide groups is 1. The Balaban J connectivity index is 0.762. The Morgan fingerprint density at radius 3 is 2.45 bits per heavy atom. The molecule has 13 heteroatoms. The smallest absolute Gasteiger partial charge is 0.274 e. The third kappa shape index (κ3) is 8.35. The summed E-state index contributed by atoms with van der Waals surface area (Å²) in [6.07, 6.45) is 8.31. The number of piperidine rings is 4. The first kappa shape index (κ1) is 38.2. The number of nitriles is 1. The number of benzene rings is 2. The lowest BCUT2D eigenvalue weighted by Gasteiger charge is -2.39. The van der Waals surface area contributed by atoms with Crippen molar-refractivity contribution in [3.8, 4) is 6.07 Å². The Morgan fingerprint density at radius 1 is 0.964 bits per heavy atom. The number of hydrogen-bond acceptors (Lipinski definition) is 10. The van der Waals surface area contributed by atoms with Gasteiger partial charge in [0.05, 0.1) is 10.6 Å². The van der Waals surface area contributed by atoms with E-state index >= 15 is 0 Å². The number of rotatable bonds is 8. The van der Waals surface area contributed by atoms with Crippen molar-refractivity contribution in [2.75, 3.05) is 67.5 Å². The molecule has 0 saturated carbocycles. The molecule has 1 aromatic heterocycles. The molecule has 0 aliphatic carbocycles. The first-order valence-electron chi connectivity index (χ1n) is 20.4. The molecule has 5 fully saturated rings. The molecule has 294 valence electrons. The highest BCUT2D eigenvalue weighted by Gasteiger charge is 2.44. The molecule has 8 rings (SSSR count). The van der Waals surface area contributed by atoms with Gasteiger partial charge in [-0.3, -0.25) is 19.7 Å². The lowest BCUT2D eigenvalue weighted by molar-refractivity contribution is -0.133. The van der Waals surface area contributed by atoms with Gasteiger partial charge in [-0.05, 0) is 137 Å². The largest absolute Gasteiger partial charge is 0.374 e. The van der Waals surface area contributed by atoms with Crippen LogP contribution in [0.25, 0.3) is 0 Å². The standard InChI is InChI=1S/C43H52ClN9O3/c1-29-25-43(28-53(29)35-6-5-33(26-45)36(44)24-35)15-21-51(22-16-43)39-9-7-38(48-49-39)42(56)52-19-11-30(12-20-52)27-50-17-13-31(14-18-50)32-3-2-4-34(23-32)46-37-8-10-40(54)47-41(37)55/h2-7,9,23-24,29-31,37,46H,8,10-22,25,27-28H2,1H3,(H,47,54,55)/t29-,37+/m1/s1. The molecule has 0 radical (unpaired) electrons. The van der Waals surface area contributed by atoms with Crippen LogP contribution in [0.3, 0.4) is 0 Å². The van der Waals surface area contributed by atoms with Crippen LogP contribution < -0.4 is 20.4 Å². The molecule has 2 atom stereocenters. The number of carbonyl (C=O) groups excluding carboxylic acids is 3. The summed E-state index contributed by atoms with van der Waals surface area (Å²) in [5.74, 6) is 1.41. The molecule has 12 nitrogen and oxygen atoms in total. The average Bonchev–Trinajstić information content (AvgIpc) is 3.54. The van der Waals surface area contributed by atoms with E-state index in [1.165, 1.54) is 5.56 Å². The molecular weight excluding hydrogens is 726 g/mol. The lowest BCUT2D eigenvalue weighted by Crippen LogP contribution is -2.47. The second-order valence-corrected chi connectivity index (χ2v) is 17.2. The minimum absolute atomic E-state index is 0.0295. The third-order valence-corrected chi connectivity index (χ3v) is 13.4. The first-order valence-corrected chi connectivity index (χ1v) is 20.8. The number of likely N-dealkylation sites (tertiary alicyclic amines) is 2. The van der Waals surface area contributed by atoms with E-state index in [0.29, 0.717) is 47.0 Å². The van der Waals surface area contributed by atoms with Crippen LogP contribution in [0.1, 0.15) is 92.2 Å². The zero-order valence-electron chi connectivity index (χ0n) is 32.3. The third-order valence-electron chi connectivity index (χ3n) is 13.1. The van der Waals surface area contributed by atoms with Gasteiger partial charge in [0.1, 0.15) is 12.1 Å². The van der Waals surface area contributed by atoms with Crippen LogP contribution in [0.2, 0.25) is 5.02 Å². The number of anilines is 3. The molecule has 5 aliphatic heterocycles. The summed E-state index contributed by atoms with van der Waals surface area (Å²) in [4.78, 5) is 46.5. The molecule has 2 aromatic carbocycles. The Labute approximate surface area is 334 Å². The van der Waals surface area contributed by atoms with Crippen LogP contribution in [-0.2, 0) is 9.59 Å². The van der Waals surface area contributed by atoms with Crippen molar-refractivity contribution < 1.29 is 14.4 Å². The Morgan fingerprint density at radius 2 is 1.75 bits per heavy atom. The lowest BCUT2D eigenvalue weighted by atomic mass is 9.77. The minimum atomic E-state index is -0.377. The van der Waals surface area contributed by atoms with Crippen LogP contribution in [0, 0.1) is 22.7 Å². The van der Waals surface area contributed by atoms with Crippen LogP contribution in [0.5, 0.6) is 0 Å². The van der Waals surface area contributed by atoms with Gasteiger partial charge < -0.3 is 24.9 Å². The van der Waals surface area contributed by atoms with E-state index < -0.39 is 0 Å². The van der Waals surface area contributed by atoms with Crippen LogP contribution >= 0.6 is 11.6 Å². The second-order valence-electron chi connectivity index (χ2n) is 16.8. The quantitative estimate of drug-likeness (QED) is 0.269. The highest BCUT2D eigenvalue weighted by Crippen LogP contribution is 2.46. The summed E-state index contributed by atoms with van der Waals surface area (Å²) < 4.78 is 0. The van der Waals surface area contributed by atoms with Crippen LogP contribution in [-0.4, -0.2) is 102 Å². The summed E-state index contributed by atoms with van der Waals surface area (Å²) in [5, 5.41) is 24.5. The average molecular weight is 778 g/mol. The molecule has 0 unspecified atom stereocenters. The number of aromatic nitrogens is 2. The van der Waals surface area contributed by atoms with E-state index in [0.717, 1.165) is 114 Å². The summed E-state index contributed by atoms with van der Waals surface area (Å²) in [5.41, 5.74) is 4.46. The van der Waals surface area contributed by atoms with E-state index in [2.05, 4.69) is 66.7 Å². The summed E-state index contributed by atoms with van der Waals surface area (Å²) in [6.45, 7) is 9.72. The van der Waals surface area contributed by atoms with Gasteiger partial charge in [0.25, 0.3) is 5.91 Å². The summed E-state index contributed by atoms with van der Waals surface area (Å²) >= 11 is 6.37. The molecule has 56 heavy (non-hydrogen) atoms. The van der Waals surface area contributed by atoms with Gasteiger partial charge in [0, 0.05) is 63.1 Å². The number of nitrogens with zero attached hydrogens (tertiary/aromatic N) is 7. The molecule has 5 saturated heterocycles. The number of carbonyl (C=O) groups is 3. The predicted octanol–water partition coefficient (Wildman–Crippen LogP) is 5.84. The molecule has 5 aliphatic rings. The monoisotopic (exact) mass is 777 g/mol. The number of amides is 3. The number of hydrogen-bond donors (Lipinski definition) is 2. The Bertz CT molecular complexity index is 1960. The summed E-state index contributed by atoms with van der Waals surface area (Å²) in [6, 6.07) is 20.1. The molecule has 3 amide bonds. The maximum Gasteiger partial charge on any atom is 0.274 e. The van der Waals surface area contributed by atoms with Crippen molar-refractivity contribution in [3.63, 3.8) is 0 Å². The van der Waals surface area contributed by atoms with E-state index in [9.17, 15) is 19.6 Å². The maximum atomic E-state index is 13.5. The molecular formula is C43H52ClN9O3. The van der Waals surface area contributed by atoms with Gasteiger partial charge in [-0.2, -0.15) is 5.26 Å². The van der Waals surface area contributed by atoms with Crippen molar-refractivity contribution in [3.05, 3.63) is 76.4 Å². The van der Waals surface area contributed by atoms with E-state index in [-0.39, 0.29) is 29.2 Å². The van der Waals surface area contributed by atoms with E-state index in [1.54, 1.807) is 0 Å². The van der Waals surface area contributed by atoms with Gasteiger partial charge in [-0.25, -0.2) is 0 Å². The number of nitrogens with one attached hydrogen (secondary N) is 2. The van der Waals surface area contributed by atoms with Crippen LogP contribution in [0.4, 0.5) is 17.2 Å². The van der Waals surface area contributed by atoms with Gasteiger partial charge in [0.15, 0.2) is 11.5 Å². The Hall–Kier alpha value is -4.73. The first-order chi connectivity index (χ1) is 27.1. The van der Waals surface area contributed by atoms with E-state index in [1.807, 2.05) is 41.3 Å². The fourth-order valence-corrected chi connectivity index (χ4v) is 10.0. The zero-order chi connectivity index (χ0) is 38.8. The Kier molecular flexibility index (Phi) is 11.2. The van der Waals surface area contributed by atoms with Gasteiger partial charge >= 0.3 is 0 Å². The van der Waals surface area contributed by atoms with Gasteiger partial charge in [-0.15, -0.1) is 10.2 Å². The number of halogens is 1. The van der Waals surface area contributed by atoms with Crippen molar-refractivity contribution >= 4 is 46.5 Å². The predicted molar refractivity (Wildman–Crippen MR) is 217 cm³/mol. The minimum Gasteiger partial charge on any atom is -0.374 e. The molecule has 0 bridgehead atoms. The SMILES string of the molecule is C[C@@H]1CC2(CCN(c3ccc(C(=O)N4CCC(CN5CCC(c6cccc(N[C@H]7CCC(=O)NC7=O)c6)CC5)CC4)nn3)CC2)CN1c1ccc(C#N)c(Cl)c1. The van der Waals surface area contributed by atoms with E-state index in [4.69, 9.17) is 11.6 Å². The van der Waals surface area contributed by atoms with Crippen molar-refractivity contribution in [1.29, 1.82) is 5.26 Å². The maximum absolute atomic E-state index is 13.5. The summed E-state index contributed by atoms with van der Waals surface area (Å²) in [7, 11) is 0. The fourth-order valence-electron chi connectivity index (χ4n) is 9.83. The normalized spacial score (nSPS) is 23.6. The fraction of sp³-hybridized carbons (Fsp3) is 0.535. The molecule has 1 spiro atoms. The van der Waals surface area contributed by atoms with Crippen molar-refractivity contribution in [1.82, 2.24) is 25.3 Å². The van der Waals surface area contributed by atoms with Crippen molar-refractivity contribution in [2.45, 2.75) is 82.7 Å².